The predicted molar refractivity (Wildman–Crippen MR) is 152 cm³/mol. The maximum absolute atomic E-state index is 6.53. The zero-order valence-electron chi connectivity index (χ0n) is 20.5. The zero-order chi connectivity index (χ0) is 24.6. The average Bonchev–Trinajstić information content (AvgIpc) is 3.23. The van der Waals surface area contributed by atoms with Crippen LogP contribution in [0.15, 0.2) is 127 Å². The minimum Gasteiger partial charge on any atom is -0.456 e. The van der Waals surface area contributed by atoms with Gasteiger partial charge in [0, 0.05) is 16.4 Å². The lowest BCUT2D eigenvalue weighted by Crippen LogP contribution is -2.23. The third kappa shape index (κ3) is 2.74. The van der Waals surface area contributed by atoms with Gasteiger partial charge in [-0.2, -0.15) is 0 Å². The Labute approximate surface area is 216 Å². The first-order valence-corrected chi connectivity index (χ1v) is 12.9. The number of hydrogen-bond acceptors (Lipinski definition) is 1. The third-order valence-corrected chi connectivity index (χ3v) is 8.32. The molecule has 0 bridgehead atoms. The van der Waals surface area contributed by atoms with Crippen LogP contribution in [0.3, 0.4) is 0 Å². The van der Waals surface area contributed by atoms with Gasteiger partial charge < -0.3 is 4.74 Å². The number of para-hydroxylation sites is 1. The summed E-state index contributed by atoms with van der Waals surface area (Å²) in [6.07, 6.45) is 0. The minimum absolute atomic E-state index is 0.259. The number of ether oxygens (including phenoxy) is 1. The van der Waals surface area contributed by atoms with E-state index < -0.39 is 0 Å². The van der Waals surface area contributed by atoms with Crippen molar-refractivity contribution in [3.8, 4) is 44.9 Å². The van der Waals surface area contributed by atoms with Crippen LogP contribution in [-0.4, -0.2) is 0 Å². The summed E-state index contributed by atoms with van der Waals surface area (Å²) in [5, 5.41) is 2.39. The second-order valence-electron chi connectivity index (χ2n) is 10.2. The van der Waals surface area contributed by atoms with Crippen molar-refractivity contribution in [2.24, 2.45) is 0 Å². The summed E-state index contributed by atoms with van der Waals surface area (Å²) in [5.41, 5.74) is 11.2. The van der Waals surface area contributed by atoms with E-state index in [1.54, 1.807) is 0 Å². The normalized spacial score (nSPS) is 16.6. The van der Waals surface area contributed by atoms with Crippen LogP contribution in [0.2, 0.25) is 0 Å². The SMILES string of the molecule is CC1(c2ccccc2)c2ccccc2-c2cccc(-c3cc4c5c(cccc5c3)-c3ccccc3O4)c21. The van der Waals surface area contributed by atoms with E-state index >= 15 is 0 Å². The zero-order valence-corrected chi connectivity index (χ0v) is 20.5. The molecule has 0 fully saturated rings. The highest BCUT2D eigenvalue weighted by Crippen LogP contribution is 2.56. The van der Waals surface area contributed by atoms with Crippen molar-refractivity contribution >= 4 is 10.8 Å². The smallest absolute Gasteiger partial charge is 0.136 e. The van der Waals surface area contributed by atoms with Crippen molar-refractivity contribution < 1.29 is 4.74 Å². The number of hydrogen-bond donors (Lipinski definition) is 0. The van der Waals surface area contributed by atoms with Crippen molar-refractivity contribution in [2.45, 2.75) is 12.3 Å². The molecule has 0 amide bonds. The highest BCUT2D eigenvalue weighted by Gasteiger charge is 2.42. The van der Waals surface area contributed by atoms with Crippen LogP contribution in [0.25, 0.3) is 44.2 Å². The van der Waals surface area contributed by atoms with E-state index in [2.05, 4.69) is 128 Å². The molecule has 0 saturated carbocycles. The molecule has 2 aliphatic rings. The van der Waals surface area contributed by atoms with Crippen LogP contribution in [-0.2, 0) is 5.41 Å². The molecule has 1 nitrogen and oxygen atoms in total. The highest BCUT2D eigenvalue weighted by molar-refractivity contribution is 6.06. The second kappa shape index (κ2) is 7.44. The molecule has 1 heteroatoms. The second-order valence-corrected chi connectivity index (χ2v) is 10.2. The van der Waals surface area contributed by atoms with Gasteiger partial charge in [-0.3, -0.25) is 0 Å². The number of benzene rings is 6. The summed E-state index contributed by atoms with van der Waals surface area (Å²) in [4.78, 5) is 0. The van der Waals surface area contributed by atoms with Gasteiger partial charge in [-0.1, -0.05) is 109 Å². The van der Waals surface area contributed by atoms with Crippen LogP contribution >= 0.6 is 0 Å². The van der Waals surface area contributed by atoms with E-state index in [0.29, 0.717) is 0 Å². The highest BCUT2D eigenvalue weighted by atomic mass is 16.5. The fourth-order valence-corrected chi connectivity index (χ4v) is 6.66. The Morgan fingerprint density at radius 2 is 1.19 bits per heavy atom. The summed E-state index contributed by atoms with van der Waals surface area (Å²) < 4.78 is 6.53. The Hall–Kier alpha value is -4.62. The van der Waals surface area contributed by atoms with Crippen molar-refractivity contribution in [1.29, 1.82) is 0 Å². The quantitative estimate of drug-likeness (QED) is 0.243. The lowest BCUT2D eigenvalue weighted by atomic mass is 9.72. The molecule has 8 rings (SSSR count). The molecular weight excluding hydrogens is 448 g/mol. The van der Waals surface area contributed by atoms with Crippen LogP contribution in [0.1, 0.15) is 23.6 Å². The largest absolute Gasteiger partial charge is 0.456 e. The van der Waals surface area contributed by atoms with Crippen LogP contribution in [0, 0.1) is 0 Å². The lowest BCUT2D eigenvalue weighted by molar-refractivity contribution is 0.487. The standard InChI is InChI=1S/C36H24O/c1-36(25-12-3-2-4-13-25)31-19-7-5-14-27(31)30-18-10-16-26(35(30)36)24-21-23-11-9-17-29-28-15-6-8-20-32(28)37-33(22-24)34(23)29/h2-22H,1H3. The Kier molecular flexibility index (Phi) is 4.14. The van der Waals surface area contributed by atoms with Gasteiger partial charge in [0.2, 0.25) is 0 Å². The molecule has 1 aliphatic carbocycles. The molecule has 1 aliphatic heterocycles. The maximum atomic E-state index is 6.53. The van der Waals surface area contributed by atoms with E-state index in [4.69, 9.17) is 4.74 Å². The molecule has 0 spiro atoms. The third-order valence-electron chi connectivity index (χ3n) is 8.32. The van der Waals surface area contributed by atoms with E-state index in [1.807, 2.05) is 6.07 Å². The Balaban J connectivity index is 1.42. The first-order chi connectivity index (χ1) is 18.2. The molecule has 6 aromatic carbocycles. The Morgan fingerprint density at radius 1 is 0.514 bits per heavy atom. The molecule has 1 heterocycles. The molecule has 0 N–H and O–H groups in total. The van der Waals surface area contributed by atoms with E-state index in [1.165, 1.54) is 55.3 Å². The summed E-state index contributed by atoms with van der Waals surface area (Å²) in [6.45, 7) is 2.38. The van der Waals surface area contributed by atoms with Gasteiger partial charge in [-0.15, -0.1) is 0 Å². The van der Waals surface area contributed by atoms with Gasteiger partial charge >= 0.3 is 0 Å². The molecule has 0 aromatic heterocycles. The van der Waals surface area contributed by atoms with Gasteiger partial charge in [-0.05, 0) is 75.0 Å². The topological polar surface area (TPSA) is 9.23 Å². The van der Waals surface area contributed by atoms with Crippen LogP contribution < -0.4 is 4.74 Å². The fraction of sp³-hybridized carbons (Fsp3) is 0.0556. The van der Waals surface area contributed by atoms with E-state index in [9.17, 15) is 0 Å². The summed E-state index contributed by atoms with van der Waals surface area (Å²) in [6, 6.07) is 46.0. The molecule has 174 valence electrons. The number of fused-ring (bicyclic) bond motifs is 5. The number of rotatable bonds is 2. The van der Waals surface area contributed by atoms with Gasteiger partial charge in [0.05, 0.1) is 0 Å². The minimum atomic E-state index is -0.259. The Bertz CT molecular complexity index is 1860. The van der Waals surface area contributed by atoms with Gasteiger partial charge in [0.25, 0.3) is 0 Å². The van der Waals surface area contributed by atoms with E-state index in [-0.39, 0.29) is 5.41 Å². The van der Waals surface area contributed by atoms with Gasteiger partial charge in [0.15, 0.2) is 0 Å². The molecule has 1 atom stereocenters. The monoisotopic (exact) mass is 472 g/mol. The summed E-state index contributed by atoms with van der Waals surface area (Å²) in [5.74, 6) is 1.84. The maximum Gasteiger partial charge on any atom is 0.136 e. The van der Waals surface area contributed by atoms with Crippen molar-refractivity contribution in [1.82, 2.24) is 0 Å². The van der Waals surface area contributed by atoms with E-state index in [0.717, 1.165) is 17.1 Å². The molecule has 0 saturated heterocycles. The molecule has 1 unspecified atom stereocenters. The Morgan fingerprint density at radius 3 is 2.08 bits per heavy atom. The fourth-order valence-electron chi connectivity index (χ4n) is 6.66. The molecule has 6 aromatic rings. The van der Waals surface area contributed by atoms with Crippen LogP contribution in [0.5, 0.6) is 11.5 Å². The predicted octanol–water partition coefficient (Wildman–Crippen LogP) is 9.61. The molecular formula is C36H24O. The van der Waals surface area contributed by atoms with Crippen molar-refractivity contribution in [3.05, 3.63) is 144 Å². The molecule has 37 heavy (non-hydrogen) atoms. The average molecular weight is 473 g/mol. The van der Waals surface area contributed by atoms with Gasteiger partial charge in [-0.25, -0.2) is 0 Å². The lowest BCUT2D eigenvalue weighted by Gasteiger charge is -2.30. The van der Waals surface area contributed by atoms with Crippen molar-refractivity contribution in [2.75, 3.05) is 0 Å². The summed E-state index contributed by atoms with van der Waals surface area (Å²) >= 11 is 0. The van der Waals surface area contributed by atoms with Crippen molar-refractivity contribution in [3.63, 3.8) is 0 Å². The van der Waals surface area contributed by atoms with Gasteiger partial charge in [0.1, 0.15) is 11.5 Å². The van der Waals surface area contributed by atoms with Crippen LogP contribution in [0.4, 0.5) is 0 Å². The first kappa shape index (κ1) is 20.6. The summed E-state index contributed by atoms with van der Waals surface area (Å²) in [7, 11) is 0. The molecule has 0 radical (unpaired) electrons. The first-order valence-electron chi connectivity index (χ1n) is 12.9.